The molecule has 1 aromatic carbocycles. The number of rotatable bonds is 2. The molecule has 3 aliphatic rings. The largest absolute Gasteiger partial charge is 0.0946 e. The fourth-order valence-corrected chi connectivity index (χ4v) is 4.68. The van der Waals surface area contributed by atoms with Crippen LogP contribution in [0.15, 0.2) is 82.2 Å². The predicted molar refractivity (Wildman–Crippen MR) is 91.1 cm³/mol. The van der Waals surface area contributed by atoms with E-state index in [4.69, 9.17) is 0 Å². The minimum absolute atomic E-state index is 0.641. The second-order valence-corrected chi connectivity index (χ2v) is 7.38. The van der Waals surface area contributed by atoms with Gasteiger partial charge in [0, 0.05) is 10.8 Å². The summed E-state index contributed by atoms with van der Waals surface area (Å²) in [6.07, 6.45) is 17.9. The molecule has 3 atom stereocenters. The van der Waals surface area contributed by atoms with Gasteiger partial charge in [0.1, 0.15) is 0 Å². The Bertz CT molecular complexity index is 633. The molecule has 0 saturated carbocycles. The Morgan fingerprint density at radius 2 is 1.86 bits per heavy atom. The lowest BCUT2D eigenvalue weighted by Gasteiger charge is -2.36. The molecule has 0 bridgehead atoms. The molecule has 0 heterocycles. The number of allylic oxidation sites excluding steroid dienone is 8. The minimum atomic E-state index is 0.641. The summed E-state index contributed by atoms with van der Waals surface area (Å²) >= 11 is 1.94. The molecule has 0 radical (unpaired) electrons. The average Bonchev–Trinajstić information content (AvgIpc) is 2.54. The maximum atomic E-state index is 2.55. The van der Waals surface area contributed by atoms with Gasteiger partial charge in [-0.3, -0.25) is 0 Å². The summed E-state index contributed by atoms with van der Waals surface area (Å²) in [5.41, 5.74) is 1.68. The average molecular weight is 292 g/mol. The van der Waals surface area contributed by atoms with E-state index in [1.54, 1.807) is 5.57 Å². The SMILES string of the molecule is C1=CC2C=C3CC(Sc4ccccc4)=CC[C@@H]3CC2C=C1. The monoisotopic (exact) mass is 292 g/mol. The van der Waals surface area contributed by atoms with E-state index >= 15 is 0 Å². The van der Waals surface area contributed by atoms with Gasteiger partial charge in [-0.15, -0.1) is 0 Å². The zero-order chi connectivity index (χ0) is 14.1. The third-order valence-electron chi connectivity index (χ3n) is 4.79. The summed E-state index contributed by atoms with van der Waals surface area (Å²) in [6.45, 7) is 0. The molecule has 0 amide bonds. The van der Waals surface area contributed by atoms with Crippen LogP contribution in [0.1, 0.15) is 19.3 Å². The molecule has 3 aliphatic carbocycles. The van der Waals surface area contributed by atoms with Gasteiger partial charge in [-0.1, -0.05) is 72.0 Å². The Morgan fingerprint density at radius 1 is 1.00 bits per heavy atom. The molecule has 0 saturated heterocycles. The van der Waals surface area contributed by atoms with Crippen molar-refractivity contribution in [3.05, 3.63) is 77.3 Å². The van der Waals surface area contributed by atoms with Crippen molar-refractivity contribution in [1.29, 1.82) is 0 Å². The zero-order valence-corrected chi connectivity index (χ0v) is 12.9. The highest BCUT2D eigenvalue weighted by Crippen LogP contribution is 2.45. The molecule has 21 heavy (non-hydrogen) atoms. The van der Waals surface area contributed by atoms with Crippen LogP contribution in [0, 0.1) is 17.8 Å². The Kier molecular flexibility index (Phi) is 3.60. The highest BCUT2D eigenvalue weighted by molar-refractivity contribution is 8.03. The molecule has 0 nitrogen and oxygen atoms in total. The van der Waals surface area contributed by atoms with Crippen molar-refractivity contribution in [2.75, 3.05) is 0 Å². The van der Waals surface area contributed by atoms with E-state index in [0.717, 1.165) is 18.3 Å². The Balaban J connectivity index is 1.51. The molecule has 106 valence electrons. The predicted octanol–water partition coefficient (Wildman–Crippen LogP) is 5.76. The first-order valence-corrected chi connectivity index (χ1v) is 8.67. The maximum absolute atomic E-state index is 2.55. The summed E-state index contributed by atoms with van der Waals surface area (Å²) in [4.78, 5) is 2.88. The highest BCUT2D eigenvalue weighted by Gasteiger charge is 2.30. The lowest BCUT2D eigenvalue weighted by atomic mass is 9.70. The Morgan fingerprint density at radius 3 is 2.76 bits per heavy atom. The van der Waals surface area contributed by atoms with E-state index in [0.29, 0.717) is 5.92 Å². The number of thioether (sulfide) groups is 1. The second-order valence-electron chi connectivity index (χ2n) is 6.18. The van der Waals surface area contributed by atoms with Crippen molar-refractivity contribution >= 4 is 11.8 Å². The smallest absolute Gasteiger partial charge is 0.0119 e. The quantitative estimate of drug-likeness (QED) is 0.624. The number of benzene rings is 1. The van der Waals surface area contributed by atoms with E-state index in [1.807, 2.05) is 11.8 Å². The van der Waals surface area contributed by atoms with Crippen LogP contribution in [0.3, 0.4) is 0 Å². The van der Waals surface area contributed by atoms with Gasteiger partial charge in [0.15, 0.2) is 0 Å². The van der Waals surface area contributed by atoms with E-state index in [2.05, 4.69) is 66.8 Å². The van der Waals surface area contributed by atoms with Crippen molar-refractivity contribution in [2.24, 2.45) is 17.8 Å². The first kappa shape index (κ1) is 13.2. The van der Waals surface area contributed by atoms with Crippen LogP contribution >= 0.6 is 11.8 Å². The summed E-state index contributed by atoms with van der Waals surface area (Å²) in [6, 6.07) is 10.7. The third kappa shape index (κ3) is 2.80. The van der Waals surface area contributed by atoms with Crippen LogP contribution in [-0.2, 0) is 0 Å². The molecular formula is C20H20S. The Hall–Kier alpha value is -1.47. The molecule has 4 rings (SSSR count). The van der Waals surface area contributed by atoms with Gasteiger partial charge in [0.05, 0.1) is 0 Å². The zero-order valence-electron chi connectivity index (χ0n) is 12.1. The summed E-state index contributed by atoms with van der Waals surface area (Å²) in [5, 5.41) is 0. The van der Waals surface area contributed by atoms with Gasteiger partial charge in [0.25, 0.3) is 0 Å². The topological polar surface area (TPSA) is 0 Å². The van der Waals surface area contributed by atoms with E-state index in [-0.39, 0.29) is 0 Å². The second kappa shape index (κ2) is 5.73. The van der Waals surface area contributed by atoms with Gasteiger partial charge in [-0.05, 0) is 48.1 Å². The normalized spacial score (nSPS) is 30.2. The first-order valence-electron chi connectivity index (χ1n) is 7.86. The van der Waals surface area contributed by atoms with Crippen molar-refractivity contribution in [3.8, 4) is 0 Å². The number of fused-ring (bicyclic) bond motifs is 2. The van der Waals surface area contributed by atoms with Crippen molar-refractivity contribution in [3.63, 3.8) is 0 Å². The van der Waals surface area contributed by atoms with Crippen molar-refractivity contribution < 1.29 is 0 Å². The minimum Gasteiger partial charge on any atom is -0.0946 e. The molecule has 0 aromatic heterocycles. The number of hydrogen-bond donors (Lipinski definition) is 0. The molecular weight excluding hydrogens is 272 g/mol. The van der Waals surface area contributed by atoms with Crippen LogP contribution in [0.4, 0.5) is 0 Å². The van der Waals surface area contributed by atoms with E-state index in [9.17, 15) is 0 Å². The Labute approximate surface area is 131 Å². The molecule has 2 unspecified atom stereocenters. The molecule has 1 aromatic rings. The fraction of sp³-hybridized carbons (Fsp3) is 0.300. The van der Waals surface area contributed by atoms with Gasteiger partial charge in [-0.2, -0.15) is 0 Å². The summed E-state index contributed by atoms with van der Waals surface area (Å²) < 4.78 is 0. The fourth-order valence-electron chi connectivity index (χ4n) is 3.66. The lowest BCUT2D eigenvalue weighted by molar-refractivity contribution is 0.381. The third-order valence-corrected chi connectivity index (χ3v) is 5.87. The van der Waals surface area contributed by atoms with E-state index in [1.165, 1.54) is 22.6 Å². The van der Waals surface area contributed by atoms with Crippen LogP contribution < -0.4 is 0 Å². The van der Waals surface area contributed by atoms with Crippen molar-refractivity contribution in [1.82, 2.24) is 0 Å². The van der Waals surface area contributed by atoms with Gasteiger partial charge >= 0.3 is 0 Å². The molecule has 0 N–H and O–H groups in total. The van der Waals surface area contributed by atoms with Crippen molar-refractivity contribution in [2.45, 2.75) is 24.2 Å². The molecule has 1 heteroatoms. The highest BCUT2D eigenvalue weighted by atomic mass is 32.2. The maximum Gasteiger partial charge on any atom is 0.0119 e. The summed E-state index contributed by atoms with van der Waals surface area (Å²) in [5.74, 6) is 2.16. The molecule has 0 aliphatic heterocycles. The molecule has 0 fully saturated rings. The summed E-state index contributed by atoms with van der Waals surface area (Å²) in [7, 11) is 0. The van der Waals surface area contributed by atoms with Crippen LogP contribution in [-0.4, -0.2) is 0 Å². The molecule has 0 spiro atoms. The van der Waals surface area contributed by atoms with Gasteiger partial charge in [0.2, 0.25) is 0 Å². The van der Waals surface area contributed by atoms with Crippen LogP contribution in [0.2, 0.25) is 0 Å². The lowest BCUT2D eigenvalue weighted by Crippen LogP contribution is -2.24. The standard InChI is InChI=1S/C20H20S/c1-2-8-19(9-3-1)21-20-11-10-17-12-15-6-4-5-7-16(15)13-18(17)14-20/h1-9,11,13,15-17H,10,12,14H2/t15?,16?,17-/m1/s1. The number of hydrogen-bond acceptors (Lipinski definition) is 1. The van der Waals surface area contributed by atoms with Crippen LogP contribution in [0.5, 0.6) is 0 Å². The van der Waals surface area contributed by atoms with Crippen LogP contribution in [0.25, 0.3) is 0 Å². The van der Waals surface area contributed by atoms with E-state index < -0.39 is 0 Å². The van der Waals surface area contributed by atoms with Gasteiger partial charge in [-0.25, -0.2) is 0 Å². The van der Waals surface area contributed by atoms with Gasteiger partial charge < -0.3 is 0 Å². The first-order chi connectivity index (χ1) is 10.4.